The van der Waals surface area contributed by atoms with Crippen molar-refractivity contribution >= 4 is 11.0 Å². The number of nitrogens with one attached hydrogen (secondary N) is 1. The normalized spacial score (nSPS) is 25.4. The van der Waals surface area contributed by atoms with E-state index >= 15 is 0 Å². The average molecular weight is 328 g/mol. The van der Waals surface area contributed by atoms with Crippen LogP contribution >= 0.6 is 0 Å². The fourth-order valence-corrected chi connectivity index (χ4v) is 4.20. The molecule has 3 rings (SSSR count). The number of unbranched alkanes of at least 4 members (excludes halogenated alkanes) is 3. The minimum atomic E-state index is 0.271. The second-order valence-electron chi connectivity index (χ2n) is 7.98. The third-order valence-electron chi connectivity index (χ3n) is 6.15. The monoisotopic (exact) mass is 327 g/mol. The molecule has 0 radical (unpaired) electrons. The summed E-state index contributed by atoms with van der Waals surface area (Å²) < 4.78 is 0. The van der Waals surface area contributed by atoms with Gasteiger partial charge in [0.25, 0.3) is 0 Å². The maximum absolute atomic E-state index is 4.54. The van der Waals surface area contributed by atoms with Crippen molar-refractivity contribution in [3.8, 4) is 0 Å². The molecule has 3 nitrogen and oxygen atoms in total. The molecule has 24 heavy (non-hydrogen) atoms. The molecule has 3 heteroatoms. The van der Waals surface area contributed by atoms with Gasteiger partial charge in [0.2, 0.25) is 0 Å². The number of hydrogen-bond acceptors (Lipinski definition) is 2. The first-order valence-corrected chi connectivity index (χ1v) is 9.72. The molecule has 2 atom stereocenters. The van der Waals surface area contributed by atoms with Crippen molar-refractivity contribution < 1.29 is 0 Å². The van der Waals surface area contributed by atoms with Crippen molar-refractivity contribution in [3.05, 3.63) is 29.6 Å². The van der Waals surface area contributed by atoms with Gasteiger partial charge >= 0.3 is 0 Å². The van der Waals surface area contributed by atoms with Gasteiger partial charge in [-0.2, -0.15) is 0 Å². The van der Waals surface area contributed by atoms with Crippen molar-refractivity contribution in [2.24, 2.45) is 5.92 Å². The second-order valence-corrected chi connectivity index (χ2v) is 7.98. The zero-order valence-corrected chi connectivity index (χ0v) is 15.9. The van der Waals surface area contributed by atoms with Crippen LogP contribution in [0, 0.1) is 12.8 Å². The number of nitrogens with zero attached hydrogens (tertiary/aromatic N) is 2. The van der Waals surface area contributed by atoms with Crippen LogP contribution in [0.4, 0.5) is 0 Å². The summed E-state index contributed by atoms with van der Waals surface area (Å²) in [6.45, 7) is 12.9. The highest BCUT2D eigenvalue weighted by Crippen LogP contribution is 2.40. The highest BCUT2D eigenvalue weighted by atomic mass is 15.1. The van der Waals surface area contributed by atoms with Gasteiger partial charge in [0.05, 0.1) is 11.0 Å². The maximum atomic E-state index is 4.54. The molecule has 0 aliphatic carbocycles. The van der Waals surface area contributed by atoms with E-state index in [9.17, 15) is 0 Å². The summed E-state index contributed by atoms with van der Waals surface area (Å²) in [6.07, 6.45) is 6.69. The molecule has 1 aromatic carbocycles. The quantitative estimate of drug-likeness (QED) is 0.753. The minimum Gasteiger partial charge on any atom is -0.342 e. The molecule has 1 saturated heterocycles. The summed E-state index contributed by atoms with van der Waals surface area (Å²) in [6, 6.07) is 6.82. The van der Waals surface area contributed by atoms with Gasteiger partial charge in [-0.15, -0.1) is 0 Å². The molecule has 0 bridgehead atoms. The second kappa shape index (κ2) is 7.26. The van der Waals surface area contributed by atoms with E-state index in [0.717, 1.165) is 11.3 Å². The topological polar surface area (TPSA) is 31.9 Å². The standard InChI is InChI=1S/C21H33N3/c1-5-6-7-8-12-24-13-11-21(4,16(2)15-24)18-9-10-19-20(14-18)23-17(3)22-19/h9-10,14,16H,5-8,11-13,15H2,1-4H3,(H,22,23)/t16-,21-/m1/s1. The average Bonchev–Trinajstić information content (AvgIpc) is 2.94. The smallest absolute Gasteiger partial charge is 0.104 e. The molecule has 0 amide bonds. The molecule has 0 spiro atoms. The van der Waals surface area contributed by atoms with Crippen LogP contribution in [0.2, 0.25) is 0 Å². The number of piperidine rings is 1. The van der Waals surface area contributed by atoms with E-state index in [1.54, 1.807) is 0 Å². The predicted octanol–water partition coefficient (Wildman–Crippen LogP) is 5.05. The Kier molecular flexibility index (Phi) is 5.29. The van der Waals surface area contributed by atoms with E-state index in [1.165, 1.54) is 62.8 Å². The van der Waals surface area contributed by atoms with Gasteiger partial charge in [-0.25, -0.2) is 4.98 Å². The Labute approximate surface area is 146 Å². The maximum Gasteiger partial charge on any atom is 0.104 e. The molecule has 1 N–H and O–H groups in total. The summed E-state index contributed by atoms with van der Waals surface area (Å²) >= 11 is 0. The highest BCUT2D eigenvalue weighted by Gasteiger charge is 2.37. The number of H-pyrrole nitrogens is 1. The molecule has 1 fully saturated rings. The van der Waals surface area contributed by atoms with E-state index in [-0.39, 0.29) is 5.41 Å². The lowest BCUT2D eigenvalue weighted by atomic mass is 9.68. The largest absolute Gasteiger partial charge is 0.342 e. The van der Waals surface area contributed by atoms with Gasteiger partial charge in [0.1, 0.15) is 5.82 Å². The molecule has 1 aromatic heterocycles. The molecule has 1 aliphatic heterocycles. The van der Waals surface area contributed by atoms with E-state index in [1.807, 2.05) is 6.92 Å². The Hall–Kier alpha value is -1.35. The predicted molar refractivity (Wildman–Crippen MR) is 103 cm³/mol. The van der Waals surface area contributed by atoms with Crippen molar-refractivity contribution in [1.29, 1.82) is 0 Å². The van der Waals surface area contributed by atoms with Crippen molar-refractivity contribution in [3.63, 3.8) is 0 Å². The van der Waals surface area contributed by atoms with E-state index in [2.05, 4.69) is 53.8 Å². The van der Waals surface area contributed by atoms with Gasteiger partial charge in [-0.3, -0.25) is 0 Å². The Morgan fingerprint density at radius 2 is 2.12 bits per heavy atom. The first-order chi connectivity index (χ1) is 11.5. The van der Waals surface area contributed by atoms with Crippen molar-refractivity contribution in [2.45, 2.75) is 65.2 Å². The lowest BCUT2D eigenvalue weighted by Crippen LogP contribution is -2.47. The molecule has 2 heterocycles. The van der Waals surface area contributed by atoms with Crippen LogP contribution in [0.15, 0.2) is 18.2 Å². The number of likely N-dealkylation sites (tertiary alicyclic amines) is 1. The van der Waals surface area contributed by atoms with Gasteiger partial charge in [0.15, 0.2) is 0 Å². The van der Waals surface area contributed by atoms with Crippen molar-refractivity contribution in [1.82, 2.24) is 14.9 Å². The van der Waals surface area contributed by atoms with Gasteiger partial charge in [-0.05, 0) is 61.9 Å². The SMILES string of the molecule is CCCCCCN1CC[C@@](C)(c2ccc3nc(C)[nH]c3c2)[C@H](C)C1. The Balaban J connectivity index is 1.68. The molecule has 1 aliphatic rings. The first-order valence-electron chi connectivity index (χ1n) is 9.72. The van der Waals surface area contributed by atoms with Crippen LogP contribution < -0.4 is 0 Å². The van der Waals surface area contributed by atoms with Crippen molar-refractivity contribution in [2.75, 3.05) is 19.6 Å². The van der Waals surface area contributed by atoms with E-state index in [0.29, 0.717) is 5.92 Å². The molecular weight excluding hydrogens is 294 g/mol. The fraction of sp³-hybridized carbons (Fsp3) is 0.667. The summed E-state index contributed by atoms with van der Waals surface area (Å²) in [5, 5.41) is 0. The summed E-state index contributed by atoms with van der Waals surface area (Å²) in [5.41, 5.74) is 4.01. The van der Waals surface area contributed by atoms with Crippen LogP contribution in [0.25, 0.3) is 11.0 Å². The van der Waals surface area contributed by atoms with Crippen LogP contribution in [-0.4, -0.2) is 34.5 Å². The Morgan fingerprint density at radius 1 is 1.29 bits per heavy atom. The summed E-state index contributed by atoms with van der Waals surface area (Å²) in [7, 11) is 0. The third kappa shape index (κ3) is 3.51. The number of fused-ring (bicyclic) bond motifs is 1. The lowest BCUT2D eigenvalue weighted by molar-refractivity contribution is 0.109. The van der Waals surface area contributed by atoms with Crippen LogP contribution in [-0.2, 0) is 5.41 Å². The van der Waals surface area contributed by atoms with Crippen LogP contribution in [0.1, 0.15) is 64.3 Å². The zero-order chi connectivity index (χ0) is 17.2. The minimum absolute atomic E-state index is 0.271. The van der Waals surface area contributed by atoms with Gasteiger partial charge in [-0.1, -0.05) is 46.1 Å². The fourth-order valence-electron chi connectivity index (χ4n) is 4.20. The van der Waals surface area contributed by atoms with E-state index in [4.69, 9.17) is 0 Å². The molecule has 0 saturated carbocycles. The van der Waals surface area contributed by atoms with Gasteiger partial charge < -0.3 is 9.88 Å². The van der Waals surface area contributed by atoms with Crippen LogP contribution in [0.3, 0.4) is 0 Å². The molecular formula is C21H33N3. The number of imidazole rings is 1. The molecule has 2 aromatic rings. The van der Waals surface area contributed by atoms with Crippen LogP contribution in [0.5, 0.6) is 0 Å². The molecule has 132 valence electrons. The Bertz CT molecular complexity index is 675. The highest BCUT2D eigenvalue weighted by molar-refractivity contribution is 5.76. The number of hydrogen-bond donors (Lipinski definition) is 1. The third-order valence-corrected chi connectivity index (χ3v) is 6.15. The number of aromatic nitrogens is 2. The number of aryl methyl sites for hydroxylation is 1. The first kappa shape index (κ1) is 17.5. The molecule has 0 unspecified atom stereocenters. The number of benzene rings is 1. The summed E-state index contributed by atoms with van der Waals surface area (Å²) in [4.78, 5) is 10.6. The number of rotatable bonds is 6. The zero-order valence-electron chi connectivity index (χ0n) is 15.9. The van der Waals surface area contributed by atoms with Gasteiger partial charge in [0, 0.05) is 6.54 Å². The Morgan fingerprint density at radius 3 is 2.88 bits per heavy atom. The lowest BCUT2D eigenvalue weighted by Gasteiger charge is -2.45. The van der Waals surface area contributed by atoms with E-state index < -0.39 is 0 Å². The number of aromatic amines is 1. The summed E-state index contributed by atoms with van der Waals surface area (Å²) in [5.74, 6) is 1.68.